The molecule has 0 radical (unpaired) electrons. The second kappa shape index (κ2) is 11.2. The van der Waals surface area contributed by atoms with Crippen LogP contribution in [0.5, 0.6) is 0 Å². The molecule has 0 spiro atoms. The molecule has 1 unspecified atom stereocenters. The first-order chi connectivity index (χ1) is 9.10. The van der Waals surface area contributed by atoms with Crippen LogP contribution in [-0.4, -0.2) is 65.3 Å². The summed E-state index contributed by atoms with van der Waals surface area (Å²) in [5, 5.41) is 3.13. The van der Waals surface area contributed by atoms with E-state index >= 15 is 0 Å². The highest BCUT2D eigenvalue weighted by atomic mass is 16.5. The zero-order valence-corrected chi connectivity index (χ0v) is 12.5. The topological polar surface area (TPSA) is 66.0 Å². The van der Waals surface area contributed by atoms with Crippen LogP contribution in [0.1, 0.15) is 20.3 Å². The minimum atomic E-state index is -0.694. The Morgan fingerprint density at radius 1 is 1.05 bits per heavy atom. The first kappa shape index (κ1) is 18.3. The molecule has 0 rings (SSSR count). The van der Waals surface area contributed by atoms with Gasteiger partial charge in [0.25, 0.3) is 0 Å². The standard InChI is InChI=1S/C13H27NO5/c1-5-14-13(2,12(15)17-4)6-7-18-10-11-19-9-8-16-3/h14H,5-11H2,1-4H3. The molecule has 0 aliphatic carbocycles. The van der Waals surface area contributed by atoms with Crippen molar-refractivity contribution in [2.45, 2.75) is 25.8 Å². The van der Waals surface area contributed by atoms with Crippen molar-refractivity contribution in [3.63, 3.8) is 0 Å². The van der Waals surface area contributed by atoms with E-state index in [4.69, 9.17) is 18.9 Å². The third-order valence-corrected chi connectivity index (χ3v) is 2.75. The average Bonchev–Trinajstić information content (AvgIpc) is 2.41. The lowest BCUT2D eigenvalue weighted by Gasteiger charge is -2.27. The molecular formula is C13H27NO5. The molecule has 1 atom stereocenters. The minimum Gasteiger partial charge on any atom is -0.468 e. The fourth-order valence-corrected chi connectivity index (χ4v) is 1.62. The Morgan fingerprint density at radius 3 is 2.16 bits per heavy atom. The molecule has 0 aromatic carbocycles. The Balaban J connectivity index is 3.73. The van der Waals surface area contributed by atoms with Crippen LogP contribution < -0.4 is 5.32 Å². The molecule has 0 aliphatic heterocycles. The van der Waals surface area contributed by atoms with Crippen LogP contribution in [-0.2, 0) is 23.7 Å². The largest absolute Gasteiger partial charge is 0.468 e. The fraction of sp³-hybridized carbons (Fsp3) is 0.923. The lowest BCUT2D eigenvalue weighted by atomic mass is 9.98. The van der Waals surface area contributed by atoms with Crippen LogP contribution in [0.3, 0.4) is 0 Å². The molecular weight excluding hydrogens is 250 g/mol. The molecule has 6 heteroatoms. The first-order valence-corrected chi connectivity index (χ1v) is 6.58. The van der Waals surface area contributed by atoms with E-state index in [1.807, 2.05) is 13.8 Å². The maximum Gasteiger partial charge on any atom is 0.325 e. The summed E-state index contributed by atoms with van der Waals surface area (Å²) >= 11 is 0. The van der Waals surface area contributed by atoms with Gasteiger partial charge < -0.3 is 24.3 Å². The van der Waals surface area contributed by atoms with E-state index in [0.29, 0.717) is 46.0 Å². The normalized spacial score (nSPS) is 14.1. The number of nitrogens with one attached hydrogen (secondary N) is 1. The van der Waals surface area contributed by atoms with Crippen molar-refractivity contribution in [1.29, 1.82) is 0 Å². The molecule has 0 heterocycles. The van der Waals surface area contributed by atoms with Gasteiger partial charge in [0, 0.05) is 13.7 Å². The van der Waals surface area contributed by atoms with Gasteiger partial charge in [0.1, 0.15) is 5.54 Å². The SMILES string of the molecule is CCNC(C)(CCOCCOCCOC)C(=O)OC. The second-order valence-electron chi connectivity index (χ2n) is 4.32. The average molecular weight is 277 g/mol. The van der Waals surface area contributed by atoms with Gasteiger partial charge in [-0.25, -0.2) is 0 Å². The number of methoxy groups -OCH3 is 2. The molecule has 0 aromatic heterocycles. The Kier molecular flexibility index (Phi) is 10.8. The fourth-order valence-electron chi connectivity index (χ4n) is 1.62. The van der Waals surface area contributed by atoms with Gasteiger partial charge in [-0.2, -0.15) is 0 Å². The smallest absolute Gasteiger partial charge is 0.325 e. The van der Waals surface area contributed by atoms with Crippen molar-refractivity contribution in [2.24, 2.45) is 0 Å². The molecule has 19 heavy (non-hydrogen) atoms. The highest BCUT2D eigenvalue weighted by molar-refractivity contribution is 5.80. The van der Waals surface area contributed by atoms with E-state index in [9.17, 15) is 4.79 Å². The van der Waals surface area contributed by atoms with Crippen molar-refractivity contribution in [3.05, 3.63) is 0 Å². The summed E-state index contributed by atoms with van der Waals surface area (Å²) in [6, 6.07) is 0. The van der Waals surface area contributed by atoms with Crippen LogP contribution in [0.25, 0.3) is 0 Å². The number of hydrogen-bond donors (Lipinski definition) is 1. The molecule has 0 fully saturated rings. The van der Waals surface area contributed by atoms with E-state index < -0.39 is 5.54 Å². The summed E-state index contributed by atoms with van der Waals surface area (Å²) in [7, 11) is 3.02. The van der Waals surface area contributed by atoms with E-state index in [0.717, 1.165) is 0 Å². The molecule has 0 bridgehead atoms. The van der Waals surface area contributed by atoms with Crippen molar-refractivity contribution in [3.8, 4) is 0 Å². The molecule has 0 saturated heterocycles. The van der Waals surface area contributed by atoms with Crippen LogP contribution in [0.2, 0.25) is 0 Å². The maximum atomic E-state index is 11.7. The third-order valence-electron chi connectivity index (χ3n) is 2.75. The summed E-state index contributed by atoms with van der Waals surface area (Å²) < 4.78 is 20.4. The molecule has 0 aliphatic rings. The first-order valence-electron chi connectivity index (χ1n) is 6.58. The number of carbonyl (C=O) groups is 1. The Bertz CT molecular complexity index is 237. The van der Waals surface area contributed by atoms with E-state index in [-0.39, 0.29) is 5.97 Å². The lowest BCUT2D eigenvalue weighted by molar-refractivity contribution is -0.148. The molecule has 6 nitrogen and oxygen atoms in total. The molecule has 0 aromatic rings. The monoisotopic (exact) mass is 277 g/mol. The number of esters is 1. The predicted molar refractivity (Wildman–Crippen MR) is 72.2 cm³/mol. The van der Waals surface area contributed by atoms with E-state index in [1.165, 1.54) is 7.11 Å². The highest BCUT2D eigenvalue weighted by Gasteiger charge is 2.32. The van der Waals surface area contributed by atoms with Gasteiger partial charge >= 0.3 is 5.97 Å². The van der Waals surface area contributed by atoms with Crippen molar-refractivity contribution < 1.29 is 23.7 Å². The van der Waals surface area contributed by atoms with Gasteiger partial charge in [0.2, 0.25) is 0 Å². The second-order valence-corrected chi connectivity index (χ2v) is 4.32. The summed E-state index contributed by atoms with van der Waals surface area (Å²) in [5.74, 6) is -0.269. The zero-order chi connectivity index (χ0) is 14.6. The molecule has 1 N–H and O–H groups in total. The third kappa shape index (κ3) is 8.15. The lowest BCUT2D eigenvalue weighted by Crippen LogP contribution is -2.50. The Labute approximate surface area is 115 Å². The van der Waals surface area contributed by atoms with Crippen molar-refractivity contribution in [1.82, 2.24) is 5.32 Å². The van der Waals surface area contributed by atoms with Crippen molar-refractivity contribution in [2.75, 3.05) is 53.8 Å². The number of rotatable bonds is 12. The van der Waals surface area contributed by atoms with Gasteiger partial charge in [0.05, 0.1) is 33.5 Å². The van der Waals surface area contributed by atoms with Gasteiger partial charge in [0.15, 0.2) is 0 Å². The van der Waals surface area contributed by atoms with E-state index in [1.54, 1.807) is 7.11 Å². The Hall–Kier alpha value is -0.690. The van der Waals surface area contributed by atoms with Crippen LogP contribution in [0.15, 0.2) is 0 Å². The minimum absolute atomic E-state index is 0.269. The Morgan fingerprint density at radius 2 is 1.63 bits per heavy atom. The van der Waals surface area contributed by atoms with Gasteiger partial charge in [-0.1, -0.05) is 6.92 Å². The van der Waals surface area contributed by atoms with Gasteiger partial charge in [-0.05, 0) is 19.9 Å². The van der Waals surface area contributed by atoms with Crippen LogP contribution in [0, 0.1) is 0 Å². The highest BCUT2D eigenvalue weighted by Crippen LogP contribution is 2.11. The van der Waals surface area contributed by atoms with Gasteiger partial charge in [-0.3, -0.25) is 4.79 Å². The quantitative estimate of drug-likeness (QED) is 0.416. The summed E-state index contributed by atoms with van der Waals surface area (Å²) in [6.45, 7) is 7.13. The zero-order valence-electron chi connectivity index (χ0n) is 12.5. The molecule has 114 valence electrons. The number of carbonyl (C=O) groups excluding carboxylic acids is 1. The van der Waals surface area contributed by atoms with Crippen LogP contribution >= 0.6 is 0 Å². The summed E-state index contributed by atoms with van der Waals surface area (Å²) in [4.78, 5) is 11.7. The number of hydrogen-bond acceptors (Lipinski definition) is 6. The van der Waals surface area contributed by atoms with Crippen molar-refractivity contribution >= 4 is 5.97 Å². The maximum absolute atomic E-state index is 11.7. The summed E-state index contributed by atoms with van der Waals surface area (Å²) in [5.41, 5.74) is -0.694. The van der Waals surface area contributed by atoms with E-state index in [2.05, 4.69) is 5.32 Å². The molecule has 0 saturated carbocycles. The predicted octanol–water partition coefficient (Wildman–Crippen LogP) is 0.597. The summed E-state index contributed by atoms with van der Waals surface area (Å²) in [6.07, 6.45) is 0.561. The number of ether oxygens (including phenoxy) is 4. The van der Waals surface area contributed by atoms with Gasteiger partial charge in [-0.15, -0.1) is 0 Å². The molecule has 0 amide bonds. The number of likely N-dealkylation sites (N-methyl/N-ethyl adjacent to an activating group) is 1. The van der Waals surface area contributed by atoms with Crippen LogP contribution in [0.4, 0.5) is 0 Å².